The number of fused-ring (bicyclic) bond motifs is 2. The molecule has 1 atom stereocenters. The van der Waals surface area contributed by atoms with Crippen molar-refractivity contribution in [1.29, 1.82) is 0 Å². The molecule has 0 saturated carbocycles. The van der Waals surface area contributed by atoms with Crippen LogP contribution in [0.25, 0.3) is 33.4 Å². The van der Waals surface area contributed by atoms with E-state index < -0.39 is 10.0 Å². The van der Waals surface area contributed by atoms with Crippen LogP contribution >= 0.6 is 0 Å². The van der Waals surface area contributed by atoms with Crippen molar-refractivity contribution in [3.05, 3.63) is 60.5 Å². The molecule has 0 amide bonds. The number of H-pyrrole nitrogens is 1. The summed E-state index contributed by atoms with van der Waals surface area (Å²) in [5.74, 6) is 0.584. The lowest BCUT2D eigenvalue weighted by Crippen LogP contribution is -2.59. The Bertz CT molecular complexity index is 1700. The second-order valence-electron chi connectivity index (χ2n) is 11.5. The molecule has 5 aliphatic heterocycles. The van der Waals surface area contributed by atoms with Crippen LogP contribution in [0.5, 0.6) is 5.75 Å². The number of sulfonamides is 1. The quantitative estimate of drug-likeness (QED) is 0.371. The Kier molecular flexibility index (Phi) is 7.11. The van der Waals surface area contributed by atoms with Crippen molar-refractivity contribution in [2.75, 3.05) is 56.5 Å². The normalized spacial score (nSPS) is 23.2. The zero-order chi connectivity index (χ0) is 28.8. The van der Waals surface area contributed by atoms with Gasteiger partial charge in [-0.2, -0.15) is 9.40 Å². The Hall–Kier alpha value is -3.54. The van der Waals surface area contributed by atoms with E-state index in [1.165, 1.54) is 6.07 Å². The van der Waals surface area contributed by atoms with Crippen LogP contribution in [-0.2, 0) is 10.0 Å². The molecule has 9 rings (SSSR count). The number of hydrogen-bond acceptors (Lipinski definition) is 7. The Labute approximate surface area is 245 Å². The molecule has 4 aromatic rings. The van der Waals surface area contributed by atoms with Crippen molar-refractivity contribution >= 4 is 26.6 Å². The molecule has 5 aliphatic rings. The van der Waals surface area contributed by atoms with Crippen LogP contribution in [0.1, 0.15) is 19.8 Å². The van der Waals surface area contributed by atoms with E-state index in [2.05, 4.69) is 49.2 Å². The van der Waals surface area contributed by atoms with Crippen LogP contribution in [0, 0.1) is 11.7 Å². The fourth-order valence-corrected chi connectivity index (χ4v) is 7.68. The third-order valence-corrected chi connectivity index (χ3v) is 10.9. The van der Waals surface area contributed by atoms with Gasteiger partial charge in [0.2, 0.25) is 10.0 Å². The van der Waals surface area contributed by atoms with Gasteiger partial charge in [-0.25, -0.2) is 12.8 Å². The number of piperidine rings is 1. The second kappa shape index (κ2) is 10.9. The van der Waals surface area contributed by atoms with Crippen molar-refractivity contribution in [3.8, 4) is 28.3 Å². The van der Waals surface area contributed by atoms with E-state index in [0.29, 0.717) is 49.2 Å². The minimum atomic E-state index is -3.27. The summed E-state index contributed by atoms with van der Waals surface area (Å²) in [6.07, 6.45) is 3.62. The molecule has 11 heteroatoms. The van der Waals surface area contributed by atoms with Gasteiger partial charge in [0, 0.05) is 42.8 Å². The molecular formula is C31H35FN6O3S. The smallest absolute Gasteiger partial charge is 0.213 e. The highest BCUT2D eigenvalue weighted by Gasteiger charge is 2.34. The second-order valence-corrected chi connectivity index (χ2v) is 13.8. The topological polar surface area (TPSA) is 94.7 Å². The van der Waals surface area contributed by atoms with E-state index in [0.717, 1.165) is 60.3 Å². The molecule has 220 valence electrons. The molecule has 7 heterocycles. The van der Waals surface area contributed by atoms with Crippen LogP contribution in [0.4, 0.5) is 10.1 Å². The van der Waals surface area contributed by atoms with Crippen LogP contribution in [0.3, 0.4) is 0 Å². The number of halogens is 1. The summed E-state index contributed by atoms with van der Waals surface area (Å²) in [7, 11) is -3.27. The molecule has 0 spiro atoms. The van der Waals surface area contributed by atoms with Gasteiger partial charge in [-0.3, -0.25) is 10.1 Å². The van der Waals surface area contributed by atoms with Gasteiger partial charge in [0.05, 0.1) is 41.4 Å². The van der Waals surface area contributed by atoms with E-state index >= 15 is 4.39 Å². The fraction of sp³-hybridized carbons (Fsp3) is 0.419. The van der Waals surface area contributed by atoms with E-state index in [1.54, 1.807) is 23.5 Å². The summed E-state index contributed by atoms with van der Waals surface area (Å²) in [5.41, 5.74) is 4.39. The van der Waals surface area contributed by atoms with Gasteiger partial charge in [-0.15, -0.1) is 0 Å². The van der Waals surface area contributed by atoms with Crippen LogP contribution in [-0.4, -0.2) is 90.5 Å². The summed E-state index contributed by atoms with van der Waals surface area (Å²) in [4.78, 5) is 9.38. The third-order valence-electron chi connectivity index (χ3n) is 9.01. The molecule has 2 aromatic heterocycles. The Balaban J connectivity index is 1.30. The van der Waals surface area contributed by atoms with Gasteiger partial charge in [0.25, 0.3) is 0 Å². The lowest BCUT2D eigenvalue weighted by atomic mass is 9.97. The minimum Gasteiger partial charge on any atom is -0.492 e. The highest BCUT2D eigenvalue weighted by molar-refractivity contribution is 7.89. The summed E-state index contributed by atoms with van der Waals surface area (Å²) >= 11 is 0. The number of hydrogen-bond donors (Lipinski definition) is 1. The lowest BCUT2D eigenvalue weighted by Gasteiger charge is -2.45. The number of aromatic amines is 1. The highest BCUT2D eigenvalue weighted by atomic mass is 32.2. The van der Waals surface area contributed by atoms with E-state index in [1.807, 2.05) is 12.1 Å². The van der Waals surface area contributed by atoms with Crippen molar-refractivity contribution in [3.63, 3.8) is 0 Å². The van der Waals surface area contributed by atoms with Gasteiger partial charge < -0.3 is 14.5 Å². The molecule has 0 radical (unpaired) electrons. The Morgan fingerprint density at radius 3 is 2.64 bits per heavy atom. The van der Waals surface area contributed by atoms with Crippen molar-refractivity contribution in [2.45, 2.75) is 25.8 Å². The molecule has 2 saturated heterocycles. The third kappa shape index (κ3) is 5.03. The lowest BCUT2D eigenvalue weighted by molar-refractivity contribution is 0.130. The number of anilines is 1. The molecule has 1 N–H and O–H groups in total. The number of rotatable bonds is 2. The summed E-state index contributed by atoms with van der Waals surface area (Å²) in [6.45, 7) is 6.41. The maximum absolute atomic E-state index is 15.3. The molecule has 2 aromatic carbocycles. The number of aromatic nitrogens is 3. The first kappa shape index (κ1) is 27.3. The van der Waals surface area contributed by atoms with Crippen LogP contribution < -0.4 is 9.64 Å². The molecule has 1 unspecified atom stereocenters. The molecular weight excluding hydrogens is 555 g/mol. The summed E-state index contributed by atoms with van der Waals surface area (Å²) in [5, 5.41) is 8.50. The first-order valence-electron chi connectivity index (χ1n) is 14.7. The number of nitrogens with zero attached hydrogens (tertiary/aromatic N) is 5. The van der Waals surface area contributed by atoms with Gasteiger partial charge in [0.1, 0.15) is 17.3 Å². The number of nitrogens with one attached hydrogen (secondary N) is 1. The maximum atomic E-state index is 15.3. The van der Waals surface area contributed by atoms with Crippen molar-refractivity contribution < 1.29 is 17.5 Å². The Morgan fingerprint density at radius 2 is 1.86 bits per heavy atom. The highest BCUT2D eigenvalue weighted by Crippen LogP contribution is 2.36. The van der Waals surface area contributed by atoms with E-state index in [4.69, 9.17) is 4.74 Å². The zero-order valence-corrected chi connectivity index (χ0v) is 24.5. The average molecular weight is 591 g/mol. The largest absolute Gasteiger partial charge is 0.492 e. The number of piperazine rings is 1. The summed E-state index contributed by atoms with van der Waals surface area (Å²) in [6, 6.07) is 15.1. The number of benzene rings is 2. The Morgan fingerprint density at radius 1 is 1.05 bits per heavy atom. The van der Waals surface area contributed by atoms with Gasteiger partial charge >= 0.3 is 0 Å². The molecule has 2 fully saturated rings. The monoisotopic (exact) mass is 590 g/mol. The predicted molar refractivity (Wildman–Crippen MR) is 162 cm³/mol. The molecule has 0 aliphatic carbocycles. The average Bonchev–Trinajstić information content (AvgIpc) is 3.44. The SMILES string of the molecule is CCS(=O)(=O)N1CCN2c3ccc(cc3)-c3n[nH]c4cnc(cc34)-c3c(F)cccc3OCC3CCN(CC3)CC2C1. The first-order valence-corrected chi connectivity index (χ1v) is 16.3. The van der Waals surface area contributed by atoms with Crippen molar-refractivity contribution in [1.82, 2.24) is 24.4 Å². The number of ether oxygens (including phenoxy) is 1. The van der Waals surface area contributed by atoms with Crippen LogP contribution in [0.15, 0.2) is 54.7 Å². The van der Waals surface area contributed by atoms with Gasteiger partial charge in [-0.1, -0.05) is 18.2 Å². The number of pyridine rings is 1. The zero-order valence-electron chi connectivity index (χ0n) is 23.7. The van der Waals surface area contributed by atoms with Crippen molar-refractivity contribution in [2.24, 2.45) is 5.92 Å². The minimum absolute atomic E-state index is 0.0375. The first-order chi connectivity index (χ1) is 20.4. The predicted octanol–water partition coefficient (Wildman–Crippen LogP) is 4.38. The van der Waals surface area contributed by atoms with Crippen LogP contribution in [0.2, 0.25) is 0 Å². The molecule has 6 bridgehead atoms. The van der Waals surface area contributed by atoms with E-state index in [-0.39, 0.29) is 17.6 Å². The van der Waals surface area contributed by atoms with E-state index in [9.17, 15) is 8.42 Å². The standard InChI is InChI=1S/C31H35FN6O3S/c1-2-42(39,40)37-14-15-38-23-8-6-22(7-9-23)31-25-16-27(33-17-28(25)34-35-31)30-26(32)4-3-5-29(30)41-20-21-10-12-36(13-11-21)18-24(38)19-37/h3-9,16-17,21,24H,2,10-15,18-20H2,1H3,(H,34,35). The fourth-order valence-electron chi connectivity index (χ4n) is 6.56. The molecule has 9 nitrogen and oxygen atoms in total. The van der Waals surface area contributed by atoms with Gasteiger partial charge in [-0.05, 0) is 69.1 Å². The summed E-state index contributed by atoms with van der Waals surface area (Å²) < 4.78 is 48.8. The maximum Gasteiger partial charge on any atom is 0.213 e. The molecule has 42 heavy (non-hydrogen) atoms. The van der Waals surface area contributed by atoms with Gasteiger partial charge in [0.15, 0.2) is 0 Å².